The molecule has 0 bridgehead atoms. The Bertz CT molecular complexity index is 57.5. The monoisotopic (exact) mass is 115 g/mol. The smallest absolute Gasteiger partial charge is 0.0480 e. The second-order valence-corrected chi connectivity index (χ2v) is 2.30. The van der Waals surface area contributed by atoms with Gasteiger partial charge in [-0.1, -0.05) is 0 Å². The van der Waals surface area contributed by atoms with E-state index < -0.39 is 0 Å². The highest BCUT2D eigenvalue weighted by Crippen LogP contribution is 2.04. The first kappa shape index (κ1) is 6.05. The first-order chi connectivity index (χ1) is 3.89. The summed E-state index contributed by atoms with van der Waals surface area (Å²) in [5, 5.41) is 0. The molecule has 0 aromatic rings. The zero-order valence-corrected chi connectivity index (χ0v) is 5.10. The highest BCUT2D eigenvalue weighted by molar-refractivity contribution is 4.62. The fourth-order valence-corrected chi connectivity index (χ4v) is 0.929. The maximum Gasteiger partial charge on any atom is 0.0480 e. The number of rotatable bonds is 0. The Hall–Kier alpha value is -0.0800. The predicted molar refractivity (Wildman–Crippen MR) is 32.6 cm³/mol. The third-order valence-electron chi connectivity index (χ3n) is 1.50. The van der Waals surface area contributed by atoms with Crippen LogP contribution >= 0.6 is 0 Å². The van der Waals surface area contributed by atoms with Gasteiger partial charge in [-0.3, -0.25) is 0 Å². The van der Waals surface area contributed by atoms with Gasteiger partial charge in [0.05, 0.1) is 0 Å². The highest BCUT2D eigenvalue weighted by atomic mass is 16.5. The summed E-state index contributed by atoms with van der Waals surface area (Å²) >= 11 is 0. The van der Waals surface area contributed by atoms with E-state index >= 15 is 0 Å². The summed E-state index contributed by atoms with van der Waals surface area (Å²) in [7, 11) is 0. The first-order valence-electron chi connectivity index (χ1n) is 3.23. The molecule has 1 saturated heterocycles. The molecular weight excluding hydrogens is 102 g/mol. The molecule has 1 rings (SSSR count). The van der Waals surface area contributed by atoms with Gasteiger partial charge >= 0.3 is 0 Å². The third-order valence-corrected chi connectivity index (χ3v) is 1.50. The second kappa shape index (κ2) is 3.05. The fraction of sp³-hybridized carbons (Fsp3) is 1.00. The average molecular weight is 115 g/mol. The molecule has 0 aromatic heterocycles. The topological polar surface area (TPSA) is 35.2 Å². The fourth-order valence-electron chi connectivity index (χ4n) is 0.929. The Morgan fingerprint density at radius 1 is 1.25 bits per heavy atom. The molecule has 0 saturated carbocycles. The van der Waals surface area contributed by atoms with Crippen LogP contribution in [0.25, 0.3) is 0 Å². The maximum atomic E-state index is 5.65. The van der Waals surface area contributed by atoms with Gasteiger partial charge in [-0.15, -0.1) is 0 Å². The van der Waals surface area contributed by atoms with E-state index in [0.717, 1.165) is 32.5 Å². The number of hydrogen-bond acceptors (Lipinski definition) is 2. The van der Waals surface area contributed by atoms with Crippen LogP contribution in [0, 0.1) is 0 Å². The molecule has 0 radical (unpaired) electrons. The van der Waals surface area contributed by atoms with Gasteiger partial charge in [0.2, 0.25) is 0 Å². The Kier molecular flexibility index (Phi) is 2.30. The molecule has 1 atom stereocenters. The lowest BCUT2D eigenvalue weighted by Crippen LogP contribution is -2.19. The van der Waals surface area contributed by atoms with E-state index in [1.807, 2.05) is 0 Å². The average Bonchev–Trinajstić information content (AvgIpc) is 1.94. The van der Waals surface area contributed by atoms with E-state index in [2.05, 4.69) is 0 Å². The van der Waals surface area contributed by atoms with E-state index in [1.54, 1.807) is 0 Å². The molecule has 1 heterocycles. The third kappa shape index (κ3) is 1.80. The van der Waals surface area contributed by atoms with E-state index in [9.17, 15) is 0 Å². The van der Waals surface area contributed by atoms with Crippen LogP contribution < -0.4 is 5.73 Å². The molecule has 1 aliphatic rings. The summed E-state index contributed by atoms with van der Waals surface area (Å²) in [5.74, 6) is 0. The minimum Gasteiger partial charge on any atom is -0.381 e. The minimum atomic E-state index is 0.400. The second-order valence-electron chi connectivity index (χ2n) is 2.30. The number of nitrogens with two attached hydrogens (primary N) is 1. The van der Waals surface area contributed by atoms with Crippen LogP contribution in [0.15, 0.2) is 0 Å². The van der Waals surface area contributed by atoms with Crippen LogP contribution in [0.4, 0.5) is 0 Å². The van der Waals surface area contributed by atoms with Crippen molar-refractivity contribution >= 4 is 0 Å². The molecule has 0 unspecified atom stereocenters. The van der Waals surface area contributed by atoms with Crippen molar-refractivity contribution < 1.29 is 4.74 Å². The quantitative estimate of drug-likeness (QED) is 0.499. The Balaban J connectivity index is 2.17. The van der Waals surface area contributed by atoms with Crippen LogP contribution in [0.5, 0.6) is 0 Å². The normalized spacial score (nSPS) is 31.9. The van der Waals surface area contributed by atoms with Gasteiger partial charge in [0.1, 0.15) is 0 Å². The molecule has 2 nitrogen and oxygen atoms in total. The Morgan fingerprint density at radius 2 is 2.12 bits per heavy atom. The van der Waals surface area contributed by atoms with E-state index in [4.69, 9.17) is 10.5 Å². The molecule has 0 aliphatic carbocycles. The summed E-state index contributed by atoms with van der Waals surface area (Å²) in [5.41, 5.74) is 5.65. The van der Waals surface area contributed by atoms with Gasteiger partial charge in [-0.05, 0) is 19.3 Å². The van der Waals surface area contributed by atoms with Crippen molar-refractivity contribution in [1.29, 1.82) is 0 Å². The molecule has 0 aromatic carbocycles. The molecule has 2 heteroatoms. The van der Waals surface area contributed by atoms with Crippen LogP contribution in [-0.2, 0) is 4.74 Å². The number of ether oxygens (including phenoxy) is 1. The van der Waals surface area contributed by atoms with Crippen molar-refractivity contribution in [3.8, 4) is 0 Å². The lowest BCUT2D eigenvalue weighted by Gasteiger charge is -2.02. The highest BCUT2D eigenvalue weighted by Gasteiger charge is 2.05. The summed E-state index contributed by atoms with van der Waals surface area (Å²) in [6.45, 7) is 1.77. The van der Waals surface area contributed by atoms with Gasteiger partial charge in [0, 0.05) is 19.3 Å². The first-order valence-corrected chi connectivity index (χ1v) is 3.23. The van der Waals surface area contributed by atoms with Crippen molar-refractivity contribution in [2.75, 3.05) is 13.2 Å². The summed E-state index contributed by atoms with van der Waals surface area (Å²) in [6, 6.07) is 0.400. The van der Waals surface area contributed by atoms with Crippen LogP contribution in [0.3, 0.4) is 0 Å². The Labute approximate surface area is 50.0 Å². The van der Waals surface area contributed by atoms with Crippen molar-refractivity contribution in [2.45, 2.75) is 25.3 Å². The van der Waals surface area contributed by atoms with E-state index in [1.165, 1.54) is 0 Å². The van der Waals surface area contributed by atoms with E-state index in [-0.39, 0.29) is 0 Å². The molecule has 1 fully saturated rings. The zero-order valence-electron chi connectivity index (χ0n) is 5.10. The number of hydrogen-bond donors (Lipinski definition) is 1. The maximum absolute atomic E-state index is 5.65. The van der Waals surface area contributed by atoms with Gasteiger partial charge in [-0.2, -0.15) is 0 Å². The zero-order chi connectivity index (χ0) is 5.82. The molecule has 48 valence electrons. The van der Waals surface area contributed by atoms with Gasteiger partial charge in [0.25, 0.3) is 0 Å². The summed E-state index contributed by atoms with van der Waals surface area (Å²) in [4.78, 5) is 0. The largest absolute Gasteiger partial charge is 0.381 e. The lowest BCUT2D eigenvalue weighted by atomic mass is 10.1. The minimum absolute atomic E-state index is 0.400. The standard InChI is InChI=1S/C6H13NO/c7-6-2-1-4-8-5-3-6/h6H,1-5,7H2/t6-/m0/s1. The predicted octanol–water partition coefficient (Wildman–Crippen LogP) is 0.514. The Morgan fingerprint density at radius 3 is 3.00 bits per heavy atom. The van der Waals surface area contributed by atoms with E-state index in [0.29, 0.717) is 6.04 Å². The molecule has 0 spiro atoms. The summed E-state index contributed by atoms with van der Waals surface area (Å²) in [6.07, 6.45) is 3.32. The van der Waals surface area contributed by atoms with Crippen molar-refractivity contribution in [2.24, 2.45) is 5.73 Å². The van der Waals surface area contributed by atoms with Crippen LogP contribution in [0.2, 0.25) is 0 Å². The molecule has 1 aliphatic heterocycles. The van der Waals surface area contributed by atoms with Crippen molar-refractivity contribution in [3.63, 3.8) is 0 Å². The lowest BCUT2D eigenvalue weighted by molar-refractivity contribution is 0.143. The van der Waals surface area contributed by atoms with Gasteiger partial charge in [0.15, 0.2) is 0 Å². The molecule has 8 heavy (non-hydrogen) atoms. The van der Waals surface area contributed by atoms with Crippen molar-refractivity contribution in [3.05, 3.63) is 0 Å². The molecular formula is C6H13NO. The van der Waals surface area contributed by atoms with Crippen LogP contribution in [0.1, 0.15) is 19.3 Å². The summed E-state index contributed by atoms with van der Waals surface area (Å²) < 4.78 is 5.18. The van der Waals surface area contributed by atoms with Gasteiger partial charge < -0.3 is 10.5 Å². The molecule has 0 amide bonds. The SMILES string of the molecule is N[C@H]1CCCOCC1. The van der Waals surface area contributed by atoms with Crippen molar-refractivity contribution in [1.82, 2.24) is 0 Å². The van der Waals surface area contributed by atoms with Gasteiger partial charge in [-0.25, -0.2) is 0 Å². The van der Waals surface area contributed by atoms with Crippen LogP contribution in [-0.4, -0.2) is 19.3 Å². The molecule has 2 N–H and O–H groups in total.